The SMILES string of the molecule is COCC[NH+](CC(=O)NCc1ccccc1C)CC(=O)Nc1cccc(C)c1C. The number of rotatable bonds is 10. The molecule has 0 aromatic heterocycles. The maximum atomic E-state index is 12.6. The number of hydrogen-bond acceptors (Lipinski definition) is 3. The van der Waals surface area contributed by atoms with Crippen molar-refractivity contribution >= 4 is 17.5 Å². The summed E-state index contributed by atoms with van der Waals surface area (Å²) in [6.07, 6.45) is 0. The third-order valence-corrected chi connectivity index (χ3v) is 5.10. The zero-order valence-electron chi connectivity index (χ0n) is 17.8. The molecule has 1 unspecified atom stereocenters. The molecule has 29 heavy (non-hydrogen) atoms. The Morgan fingerprint density at radius 2 is 1.62 bits per heavy atom. The molecule has 1 atom stereocenters. The van der Waals surface area contributed by atoms with Crippen LogP contribution >= 0.6 is 0 Å². The van der Waals surface area contributed by atoms with Gasteiger partial charge in [0.05, 0.1) is 6.61 Å². The molecule has 2 rings (SSSR count). The Kier molecular flexibility index (Phi) is 8.83. The second-order valence-corrected chi connectivity index (χ2v) is 7.35. The third-order valence-electron chi connectivity index (χ3n) is 5.10. The van der Waals surface area contributed by atoms with Gasteiger partial charge in [0.1, 0.15) is 6.54 Å². The van der Waals surface area contributed by atoms with E-state index in [-0.39, 0.29) is 24.9 Å². The van der Waals surface area contributed by atoms with Crippen LogP contribution in [0.1, 0.15) is 22.3 Å². The Hall–Kier alpha value is -2.70. The first-order valence-electron chi connectivity index (χ1n) is 9.90. The molecule has 2 aromatic carbocycles. The van der Waals surface area contributed by atoms with Gasteiger partial charge in [-0.2, -0.15) is 0 Å². The molecule has 156 valence electrons. The van der Waals surface area contributed by atoms with Gasteiger partial charge in [0, 0.05) is 19.3 Å². The van der Waals surface area contributed by atoms with Gasteiger partial charge in [-0.15, -0.1) is 0 Å². The van der Waals surface area contributed by atoms with Gasteiger partial charge in [-0.05, 0) is 49.1 Å². The van der Waals surface area contributed by atoms with E-state index in [0.29, 0.717) is 19.7 Å². The topological polar surface area (TPSA) is 71.9 Å². The van der Waals surface area contributed by atoms with Crippen molar-refractivity contribution in [3.8, 4) is 0 Å². The molecule has 0 heterocycles. The average Bonchev–Trinajstić information content (AvgIpc) is 2.69. The molecule has 2 aromatic rings. The fraction of sp³-hybridized carbons (Fsp3) is 0.391. The monoisotopic (exact) mass is 398 g/mol. The lowest BCUT2D eigenvalue weighted by molar-refractivity contribution is -0.884. The van der Waals surface area contributed by atoms with Crippen LogP contribution in [0.2, 0.25) is 0 Å². The number of ether oxygens (including phenoxy) is 1. The number of aryl methyl sites for hydroxylation is 2. The smallest absolute Gasteiger partial charge is 0.279 e. The highest BCUT2D eigenvalue weighted by Crippen LogP contribution is 2.17. The second-order valence-electron chi connectivity index (χ2n) is 7.35. The Morgan fingerprint density at radius 3 is 2.34 bits per heavy atom. The molecule has 6 heteroatoms. The lowest BCUT2D eigenvalue weighted by Crippen LogP contribution is -3.14. The van der Waals surface area contributed by atoms with Gasteiger partial charge >= 0.3 is 0 Å². The highest BCUT2D eigenvalue weighted by molar-refractivity contribution is 5.92. The summed E-state index contributed by atoms with van der Waals surface area (Å²) < 4.78 is 5.15. The fourth-order valence-corrected chi connectivity index (χ4v) is 3.09. The summed E-state index contributed by atoms with van der Waals surface area (Å²) in [4.78, 5) is 25.8. The molecule has 0 aliphatic rings. The Labute approximate surface area is 173 Å². The van der Waals surface area contributed by atoms with Crippen molar-refractivity contribution < 1.29 is 19.2 Å². The molecule has 0 bridgehead atoms. The van der Waals surface area contributed by atoms with Crippen molar-refractivity contribution in [3.63, 3.8) is 0 Å². The van der Waals surface area contributed by atoms with Crippen LogP contribution in [0.15, 0.2) is 42.5 Å². The first kappa shape index (κ1) is 22.6. The zero-order chi connectivity index (χ0) is 21.2. The van der Waals surface area contributed by atoms with Crippen LogP contribution in [0, 0.1) is 20.8 Å². The van der Waals surface area contributed by atoms with E-state index in [1.807, 2.05) is 63.2 Å². The van der Waals surface area contributed by atoms with Crippen LogP contribution in [0.5, 0.6) is 0 Å². The van der Waals surface area contributed by atoms with Gasteiger partial charge in [0.25, 0.3) is 11.8 Å². The van der Waals surface area contributed by atoms with E-state index in [0.717, 1.165) is 32.8 Å². The number of methoxy groups -OCH3 is 1. The van der Waals surface area contributed by atoms with E-state index in [4.69, 9.17) is 4.74 Å². The van der Waals surface area contributed by atoms with E-state index in [9.17, 15) is 9.59 Å². The number of hydrogen-bond donors (Lipinski definition) is 3. The fourth-order valence-electron chi connectivity index (χ4n) is 3.09. The average molecular weight is 399 g/mol. The summed E-state index contributed by atoms with van der Waals surface area (Å²) in [7, 11) is 1.62. The molecule has 2 amide bonds. The Morgan fingerprint density at radius 1 is 0.931 bits per heavy atom. The van der Waals surface area contributed by atoms with E-state index in [1.165, 1.54) is 0 Å². The molecule has 0 saturated carbocycles. The van der Waals surface area contributed by atoms with E-state index in [1.54, 1.807) is 7.11 Å². The quantitative estimate of drug-likeness (QED) is 0.567. The lowest BCUT2D eigenvalue weighted by atomic mass is 10.1. The number of amides is 2. The van der Waals surface area contributed by atoms with Gasteiger partial charge < -0.3 is 20.3 Å². The number of quaternary nitrogens is 1. The third kappa shape index (κ3) is 7.33. The van der Waals surface area contributed by atoms with Gasteiger partial charge in [-0.25, -0.2) is 0 Å². The van der Waals surface area contributed by atoms with Crippen molar-refractivity contribution in [2.24, 2.45) is 0 Å². The minimum absolute atomic E-state index is 0.0844. The van der Waals surface area contributed by atoms with Crippen LogP contribution in [0.25, 0.3) is 0 Å². The molecule has 0 spiro atoms. The maximum absolute atomic E-state index is 12.6. The molecule has 0 saturated heterocycles. The summed E-state index contributed by atoms with van der Waals surface area (Å²) in [5.41, 5.74) is 5.22. The summed E-state index contributed by atoms with van der Waals surface area (Å²) in [6.45, 7) is 7.99. The summed E-state index contributed by atoms with van der Waals surface area (Å²) in [5, 5.41) is 5.92. The highest BCUT2D eigenvalue weighted by atomic mass is 16.5. The van der Waals surface area contributed by atoms with E-state index < -0.39 is 0 Å². The van der Waals surface area contributed by atoms with Crippen molar-refractivity contribution in [2.45, 2.75) is 27.3 Å². The summed E-state index contributed by atoms with van der Waals surface area (Å²) >= 11 is 0. The normalized spacial score (nSPS) is 11.7. The van der Waals surface area contributed by atoms with Crippen LogP contribution in [-0.2, 0) is 20.9 Å². The van der Waals surface area contributed by atoms with Crippen LogP contribution in [-0.4, -0.2) is 45.2 Å². The summed E-state index contributed by atoms with van der Waals surface area (Å²) in [6, 6.07) is 13.8. The Balaban J connectivity index is 1.92. The van der Waals surface area contributed by atoms with Crippen molar-refractivity contribution in [2.75, 3.05) is 38.7 Å². The van der Waals surface area contributed by atoms with Gasteiger partial charge in [0.2, 0.25) is 0 Å². The number of benzene rings is 2. The molecule has 6 nitrogen and oxygen atoms in total. The van der Waals surface area contributed by atoms with Gasteiger partial charge in [-0.3, -0.25) is 9.59 Å². The number of anilines is 1. The molecule has 0 aliphatic carbocycles. The predicted octanol–water partition coefficient (Wildman–Crippen LogP) is 1.40. The first-order valence-corrected chi connectivity index (χ1v) is 9.90. The van der Waals surface area contributed by atoms with Crippen molar-refractivity contribution in [1.82, 2.24) is 5.32 Å². The minimum Gasteiger partial charge on any atom is -0.379 e. The molecular weight excluding hydrogens is 366 g/mol. The standard InChI is InChI=1S/C23H31N3O3/c1-17-9-7-11-21(19(17)3)25-23(28)16-26(12-13-29-4)15-22(27)24-14-20-10-6-5-8-18(20)2/h5-11H,12-16H2,1-4H3,(H,24,27)(H,25,28)/p+1. The van der Waals surface area contributed by atoms with Crippen LogP contribution in [0.3, 0.4) is 0 Å². The largest absolute Gasteiger partial charge is 0.379 e. The number of carbonyl (C=O) groups is 2. The van der Waals surface area contributed by atoms with Gasteiger partial charge in [0.15, 0.2) is 13.1 Å². The molecule has 0 aliphatic heterocycles. The van der Waals surface area contributed by atoms with E-state index >= 15 is 0 Å². The number of carbonyl (C=O) groups excluding carboxylic acids is 2. The molecular formula is C23H32N3O3+. The van der Waals surface area contributed by atoms with Crippen molar-refractivity contribution in [3.05, 3.63) is 64.7 Å². The number of nitrogens with one attached hydrogen (secondary N) is 3. The zero-order valence-corrected chi connectivity index (χ0v) is 17.8. The second kappa shape index (κ2) is 11.3. The predicted molar refractivity (Wildman–Crippen MR) is 115 cm³/mol. The molecule has 3 N–H and O–H groups in total. The van der Waals surface area contributed by atoms with Gasteiger partial charge in [-0.1, -0.05) is 36.4 Å². The molecule has 0 radical (unpaired) electrons. The minimum atomic E-state index is -0.114. The maximum Gasteiger partial charge on any atom is 0.279 e. The van der Waals surface area contributed by atoms with Crippen molar-refractivity contribution in [1.29, 1.82) is 0 Å². The van der Waals surface area contributed by atoms with E-state index in [2.05, 4.69) is 10.6 Å². The highest BCUT2D eigenvalue weighted by Gasteiger charge is 2.19. The molecule has 0 fully saturated rings. The lowest BCUT2D eigenvalue weighted by Gasteiger charge is -2.19. The summed E-state index contributed by atoms with van der Waals surface area (Å²) in [5.74, 6) is -0.199. The van der Waals surface area contributed by atoms with Crippen LogP contribution in [0.4, 0.5) is 5.69 Å². The first-order chi connectivity index (χ1) is 13.9. The van der Waals surface area contributed by atoms with Crippen LogP contribution < -0.4 is 15.5 Å². The Bertz CT molecular complexity index is 836.